The van der Waals surface area contributed by atoms with Crippen molar-refractivity contribution in [3.05, 3.63) is 71.1 Å². The van der Waals surface area contributed by atoms with E-state index in [4.69, 9.17) is 4.42 Å². The van der Waals surface area contributed by atoms with Gasteiger partial charge in [-0.2, -0.15) is 0 Å². The first-order chi connectivity index (χ1) is 14.1. The Morgan fingerprint density at radius 1 is 0.897 bits per heavy atom. The maximum Gasteiger partial charge on any atom is 0.347 e. The van der Waals surface area contributed by atoms with Gasteiger partial charge in [0.15, 0.2) is 0 Å². The van der Waals surface area contributed by atoms with Gasteiger partial charge in [0.25, 0.3) is 0 Å². The summed E-state index contributed by atoms with van der Waals surface area (Å²) < 4.78 is 5.40. The highest BCUT2D eigenvalue weighted by atomic mass is 16.4. The van der Waals surface area contributed by atoms with Gasteiger partial charge in [0.2, 0.25) is 17.7 Å². The average Bonchev–Trinajstić information content (AvgIpc) is 3.42. The standard InChI is InChI=1S/C23H16N2O4/c26-21-18-12-8-9-13(10-12)19(18)22(27)25(21)15-5-3-4-14(11-15)20-24-17-7-2-1-6-16(17)23(28)29-20/h1-9,11-13,18-19H,10H2/t12-,13+,18-,19+. The van der Waals surface area contributed by atoms with Crippen molar-refractivity contribution in [2.75, 3.05) is 4.90 Å². The summed E-state index contributed by atoms with van der Waals surface area (Å²) in [6.07, 6.45) is 5.04. The van der Waals surface area contributed by atoms with Crippen LogP contribution in [0.2, 0.25) is 0 Å². The van der Waals surface area contributed by atoms with Gasteiger partial charge in [-0.15, -0.1) is 0 Å². The second-order valence-corrected chi connectivity index (χ2v) is 7.89. The zero-order chi connectivity index (χ0) is 19.7. The van der Waals surface area contributed by atoms with Crippen molar-refractivity contribution in [2.24, 2.45) is 23.7 Å². The largest absolute Gasteiger partial charge is 0.403 e. The lowest BCUT2D eigenvalue weighted by Crippen LogP contribution is -2.32. The molecule has 2 bridgehead atoms. The summed E-state index contributed by atoms with van der Waals surface area (Å²) in [7, 11) is 0. The summed E-state index contributed by atoms with van der Waals surface area (Å²) in [5.74, 6) is -0.291. The number of rotatable bonds is 2. The topological polar surface area (TPSA) is 80.5 Å². The molecule has 0 unspecified atom stereocenters. The fraction of sp³-hybridized carbons (Fsp3) is 0.217. The van der Waals surface area contributed by atoms with E-state index < -0.39 is 5.63 Å². The van der Waals surface area contributed by atoms with Gasteiger partial charge in [0, 0.05) is 5.56 Å². The number of carbonyl (C=O) groups is 2. The number of imide groups is 1. The highest BCUT2D eigenvalue weighted by Gasteiger charge is 2.59. The second kappa shape index (κ2) is 5.73. The first-order valence-electron chi connectivity index (χ1n) is 9.68. The Bertz CT molecular complexity index is 1260. The third-order valence-corrected chi connectivity index (χ3v) is 6.36. The Morgan fingerprint density at radius 3 is 2.38 bits per heavy atom. The third kappa shape index (κ3) is 2.23. The summed E-state index contributed by atoms with van der Waals surface area (Å²) in [5.41, 5.74) is 1.10. The number of anilines is 1. The number of fused-ring (bicyclic) bond motifs is 6. The number of para-hydroxylation sites is 1. The van der Waals surface area contributed by atoms with E-state index in [0.717, 1.165) is 6.42 Å². The number of benzene rings is 2. The van der Waals surface area contributed by atoms with Crippen molar-refractivity contribution >= 4 is 28.4 Å². The molecule has 1 saturated carbocycles. The van der Waals surface area contributed by atoms with Crippen LogP contribution in [0.15, 0.2) is 69.9 Å². The van der Waals surface area contributed by atoms with Crippen LogP contribution in [0, 0.1) is 23.7 Å². The smallest absolute Gasteiger partial charge is 0.347 e. The molecule has 3 aliphatic rings. The minimum Gasteiger partial charge on any atom is -0.403 e. The number of allylic oxidation sites excluding steroid dienone is 2. The molecule has 2 aliphatic carbocycles. The molecule has 2 heterocycles. The first kappa shape index (κ1) is 16.4. The third-order valence-electron chi connectivity index (χ3n) is 6.36. The number of nitrogens with zero attached hydrogens (tertiary/aromatic N) is 2. The predicted molar refractivity (Wildman–Crippen MR) is 106 cm³/mol. The number of hydrogen-bond acceptors (Lipinski definition) is 5. The molecule has 1 aromatic heterocycles. The minimum absolute atomic E-state index is 0.137. The van der Waals surface area contributed by atoms with Crippen LogP contribution in [0.25, 0.3) is 22.4 Å². The van der Waals surface area contributed by atoms with Gasteiger partial charge >= 0.3 is 5.63 Å². The highest BCUT2D eigenvalue weighted by molar-refractivity contribution is 6.23. The SMILES string of the molecule is O=C1[C@@H]2[C@H](C(=O)N1c1cccc(-c3nc4ccccc4c(=O)o3)c1)[C@@H]1C=C[C@H]2C1. The molecule has 6 heteroatoms. The van der Waals surface area contributed by atoms with E-state index in [1.54, 1.807) is 48.5 Å². The summed E-state index contributed by atoms with van der Waals surface area (Å²) in [6, 6.07) is 13.9. The molecule has 29 heavy (non-hydrogen) atoms. The normalized spacial score (nSPS) is 27.2. The zero-order valence-electron chi connectivity index (χ0n) is 15.3. The molecule has 2 fully saturated rings. The van der Waals surface area contributed by atoms with Crippen LogP contribution in [0.3, 0.4) is 0 Å². The molecule has 6 rings (SSSR count). The number of hydrogen-bond donors (Lipinski definition) is 0. The number of amides is 2. The lowest BCUT2D eigenvalue weighted by atomic mass is 9.85. The minimum atomic E-state index is -0.471. The van der Waals surface area contributed by atoms with E-state index in [9.17, 15) is 14.4 Å². The van der Waals surface area contributed by atoms with E-state index in [0.29, 0.717) is 22.2 Å². The zero-order valence-corrected chi connectivity index (χ0v) is 15.3. The van der Waals surface area contributed by atoms with E-state index >= 15 is 0 Å². The molecule has 6 nitrogen and oxygen atoms in total. The molecule has 1 saturated heterocycles. The van der Waals surface area contributed by atoms with Crippen LogP contribution in [-0.4, -0.2) is 16.8 Å². The van der Waals surface area contributed by atoms with Crippen LogP contribution in [-0.2, 0) is 9.59 Å². The van der Waals surface area contributed by atoms with Gasteiger partial charge in [0.1, 0.15) is 0 Å². The molecule has 0 radical (unpaired) electrons. The predicted octanol–water partition coefficient (Wildman–Crippen LogP) is 3.17. The van der Waals surface area contributed by atoms with Crippen LogP contribution < -0.4 is 10.5 Å². The second-order valence-electron chi connectivity index (χ2n) is 7.89. The Morgan fingerprint density at radius 2 is 1.62 bits per heavy atom. The Kier molecular flexibility index (Phi) is 3.25. The number of aromatic nitrogens is 1. The van der Waals surface area contributed by atoms with Gasteiger partial charge < -0.3 is 4.42 Å². The molecule has 4 atom stereocenters. The van der Waals surface area contributed by atoms with Gasteiger partial charge in [-0.3, -0.25) is 9.59 Å². The Hall–Kier alpha value is -3.54. The first-order valence-corrected chi connectivity index (χ1v) is 9.68. The van der Waals surface area contributed by atoms with Gasteiger partial charge in [0.05, 0.1) is 28.4 Å². The molecular weight excluding hydrogens is 368 g/mol. The fourth-order valence-corrected chi connectivity index (χ4v) is 5.08. The summed E-state index contributed by atoms with van der Waals surface area (Å²) in [4.78, 5) is 44.1. The van der Waals surface area contributed by atoms with Gasteiger partial charge in [-0.25, -0.2) is 14.7 Å². The van der Waals surface area contributed by atoms with Crippen molar-refractivity contribution in [3.8, 4) is 11.5 Å². The van der Waals surface area contributed by atoms with Crippen LogP contribution in [0.1, 0.15) is 6.42 Å². The monoisotopic (exact) mass is 384 g/mol. The maximum atomic E-state index is 13.0. The fourth-order valence-electron chi connectivity index (χ4n) is 5.08. The van der Waals surface area contributed by atoms with Crippen molar-refractivity contribution in [1.29, 1.82) is 0 Å². The molecule has 2 aromatic carbocycles. The molecule has 0 spiro atoms. The molecule has 142 valence electrons. The lowest BCUT2D eigenvalue weighted by molar-refractivity contribution is -0.123. The summed E-state index contributed by atoms with van der Waals surface area (Å²) in [6.45, 7) is 0. The molecule has 3 aromatic rings. The Balaban J connectivity index is 1.42. The van der Waals surface area contributed by atoms with E-state index in [-0.39, 0.29) is 41.4 Å². The molecule has 1 aliphatic heterocycles. The van der Waals surface area contributed by atoms with Crippen LogP contribution in [0.5, 0.6) is 0 Å². The molecular formula is C23H16N2O4. The lowest BCUT2D eigenvalue weighted by Gasteiger charge is -2.17. The van der Waals surface area contributed by atoms with Gasteiger partial charge in [-0.05, 0) is 48.6 Å². The van der Waals surface area contributed by atoms with E-state index in [1.807, 2.05) is 0 Å². The van der Waals surface area contributed by atoms with E-state index in [2.05, 4.69) is 17.1 Å². The Labute approximate surface area is 165 Å². The number of carbonyl (C=O) groups excluding carboxylic acids is 2. The maximum absolute atomic E-state index is 13.0. The molecule has 2 amide bonds. The van der Waals surface area contributed by atoms with Crippen molar-refractivity contribution in [2.45, 2.75) is 6.42 Å². The highest BCUT2D eigenvalue weighted by Crippen LogP contribution is 2.53. The van der Waals surface area contributed by atoms with Crippen molar-refractivity contribution in [1.82, 2.24) is 4.98 Å². The van der Waals surface area contributed by atoms with Crippen molar-refractivity contribution in [3.63, 3.8) is 0 Å². The summed E-state index contributed by atoms with van der Waals surface area (Å²) >= 11 is 0. The van der Waals surface area contributed by atoms with Crippen molar-refractivity contribution < 1.29 is 14.0 Å². The van der Waals surface area contributed by atoms with Crippen LogP contribution in [0.4, 0.5) is 5.69 Å². The average molecular weight is 384 g/mol. The summed E-state index contributed by atoms with van der Waals surface area (Å²) in [5, 5.41) is 0.410. The van der Waals surface area contributed by atoms with E-state index in [1.165, 1.54) is 4.90 Å². The molecule has 0 N–H and O–H groups in total. The van der Waals surface area contributed by atoms with Crippen LogP contribution >= 0.6 is 0 Å². The van der Waals surface area contributed by atoms with Gasteiger partial charge in [-0.1, -0.05) is 30.4 Å². The quantitative estimate of drug-likeness (QED) is 0.501.